The maximum atomic E-state index is 5.33. The van der Waals surface area contributed by atoms with Crippen LogP contribution in [0.1, 0.15) is 100 Å². The number of rotatable bonds is 6. The normalized spacial score (nSPS) is 19.5. The Hall–Kier alpha value is -2.61. The zero-order valence-electron chi connectivity index (χ0n) is 21.9. The van der Waals surface area contributed by atoms with Crippen molar-refractivity contribution in [2.75, 3.05) is 0 Å². The monoisotopic (exact) mass is 461 g/mol. The maximum absolute atomic E-state index is 5.33. The Bertz CT molecular complexity index is 1140. The van der Waals surface area contributed by atoms with Crippen LogP contribution in [0.2, 0.25) is 0 Å². The van der Waals surface area contributed by atoms with E-state index in [1.807, 2.05) is 6.08 Å². The number of hydrogen-bond acceptors (Lipinski definition) is 1. The summed E-state index contributed by atoms with van der Waals surface area (Å²) in [5.41, 5.74) is 9.73. The molecule has 1 nitrogen and oxygen atoms in total. The first kappa shape index (κ1) is 24.1. The fraction of sp³-hybridized carbons (Fsp3) is 0.424. The Morgan fingerprint density at radius 1 is 0.971 bits per heavy atom. The third-order valence-electron chi connectivity index (χ3n) is 8.40. The molecule has 0 aromatic heterocycles. The van der Waals surface area contributed by atoms with Gasteiger partial charge in [0.15, 0.2) is 0 Å². The maximum Gasteiger partial charge on any atom is 0.312 e. The fourth-order valence-electron chi connectivity index (χ4n) is 6.18. The Morgan fingerprint density at radius 2 is 1.69 bits per heavy atom. The molecule has 0 spiro atoms. The smallest absolute Gasteiger partial charge is 0.312 e. The minimum atomic E-state index is 0.192. The van der Waals surface area contributed by atoms with E-state index in [1.54, 1.807) is 0 Å². The molecule has 2 heteroatoms. The van der Waals surface area contributed by atoms with Crippen molar-refractivity contribution >= 4 is 24.2 Å². The fourth-order valence-corrected chi connectivity index (χ4v) is 6.18. The number of fused-ring (bicyclic) bond motifs is 1. The molecular weight excluding hydrogens is 421 g/mol. The highest BCUT2D eigenvalue weighted by Crippen LogP contribution is 2.39. The van der Waals surface area contributed by atoms with Crippen LogP contribution in [-0.2, 0) is 5.41 Å². The van der Waals surface area contributed by atoms with Gasteiger partial charge in [-0.2, -0.15) is 0 Å². The second-order valence-corrected chi connectivity index (χ2v) is 11.9. The second-order valence-electron chi connectivity index (χ2n) is 11.9. The van der Waals surface area contributed by atoms with Crippen LogP contribution in [0.15, 0.2) is 77.6 Å². The molecule has 0 amide bonds. The van der Waals surface area contributed by atoms with Gasteiger partial charge < -0.3 is 4.90 Å². The SMILES string of the molecule is C=Cc1ccc(C(CC2CCCCC2)B2C=C3C=C(c4ccc(C(C)(C)C)cc4)CCC3=N2)cc1. The predicted molar refractivity (Wildman–Crippen MR) is 154 cm³/mol. The molecule has 35 heavy (non-hydrogen) atoms. The summed E-state index contributed by atoms with van der Waals surface area (Å²) in [6.07, 6.45) is 14.7. The molecule has 2 aliphatic carbocycles. The van der Waals surface area contributed by atoms with Gasteiger partial charge in [-0.1, -0.05) is 126 Å². The molecular formula is C33H40BN. The van der Waals surface area contributed by atoms with Gasteiger partial charge >= 0.3 is 6.85 Å². The predicted octanol–water partition coefficient (Wildman–Crippen LogP) is 9.01. The largest absolute Gasteiger partial charge is 0.339 e. The van der Waals surface area contributed by atoms with Gasteiger partial charge in [-0.25, -0.2) is 0 Å². The Balaban J connectivity index is 1.41. The molecule has 180 valence electrons. The molecule has 1 heterocycles. The molecule has 2 aromatic rings. The van der Waals surface area contributed by atoms with Crippen LogP contribution in [0.25, 0.3) is 11.6 Å². The van der Waals surface area contributed by atoms with E-state index >= 15 is 0 Å². The van der Waals surface area contributed by atoms with Crippen molar-refractivity contribution in [1.29, 1.82) is 0 Å². The summed E-state index contributed by atoms with van der Waals surface area (Å²) in [5.74, 6) is 3.78. The summed E-state index contributed by atoms with van der Waals surface area (Å²) in [5, 5.41) is 0. The zero-order chi connectivity index (χ0) is 24.4. The molecule has 1 aliphatic heterocycles. The number of hydrogen-bond donors (Lipinski definition) is 0. The standard InChI is InChI=1S/C33H40BN/c1-5-24-11-13-27(14-12-24)31(21-25-9-7-6-8-10-25)34-23-29-22-28(17-20-32(29)35-34)26-15-18-30(19-16-26)33(2,3)4/h5,11-16,18-19,22-23,25,31H,1,6-10,17,20-21H2,2-4H3. The first-order chi connectivity index (χ1) is 16.9. The van der Waals surface area contributed by atoms with Crippen molar-refractivity contribution in [3.05, 3.63) is 95.0 Å². The zero-order valence-corrected chi connectivity index (χ0v) is 21.9. The minimum Gasteiger partial charge on any atom is -0.339 e. The molecule has 1 atom stereocenters. The molecule has 1 saturated carbocycles. The third-order valence-corrected chi connectivity index (χ3v) is 8.40. The molecule has 5 rings (SSSR count). The highest BCUT2D eigenvalue weighted by molar-refractivity contribution is 6.68. The molecule has 2 aromatic carbocycles. The van der Waals surface area contributed by atoms with Gasteiger partial charge in [0.1, 0.15) is 0 Å². The molecule has 1 unspecified atom stereocenters. The Morgan fingerprint density at radius 3 is 2.34 bits per heavy atom. The number of benzene rings is 2. The van der Waals surface area contributed by atoms with Gasteiger partial charge in [0.2, 0.25) is 0 Å². The van der Waals surface area contributed by atoms with Gasteiger partial charge in [0.25, 0.3) is 0 Å². The van der Waals surface area contributed by atoms with Crippen LogP contribution < -0.4 is 0 Å². The van der Waals surface area contributed by atoms with E-state index in [0.717, 1.165) is 18.8 Å². The van der Waals surface area contributed by atoms with Gasteiger partial charge in [-0.3, -0.25) is 0 Å². The number of nitrogens with zero attached hydrogens (tertiary/aromatic N) is 1. The van der Waals surface area contributed by atoms with Crippen molar-refractivity contribution in [3.63, 3.8) is 0 Å². The lowest BCUT2D eigenvalue weighted by Gasteiger charge is -2.27. The molecule has 0 N–H and O–H groups in total. The van der Waals surface area contributed by atoms with Gasteiger partial charge in [-0.05, 0) is 69.8 Å². The molecule has 3 aliphatic rings. The molecule has 1 fully saturated rings. The first-order valence-corrected chi connectivity index (χ1v) is 13.7. The third kappa shape index (κ3) is 5.47. The summed E-state index contributed by atoms with van der Waals surface area (Å²) < 4.78 is 0. The Labute approximate surface area is 213 Å². The van der Waals surface area contributed by atoms with Crippen LogP contribution >= 0.6 is 0 Å². The summed E-state index contributed by atoms with van der Waals surface area (Å²) in [6.45, 7) is 11.0. The summed E-state index contributed by atoms with van der Waals surface area (Å²) in [6, 6.07) is 18.3. The van der Waals surface area contributed by atoms with E-state index in [-0.39, 0.29) is 12.3 Å². The topological polar surface area (TPSA) is 12.4 Å². The van der Waals surface area contributed by atoms with E-state index in [2.05, 4.69) is 87.9 Å². The quantitative estimate of drug-likeness (QED) is 0.381. The van der Waals surface area contributed by atoms with Crippen molar-refractivity contribution < 1.29 is 0 Å². The minimum absolute atomic E-state index is 0.192. The first-order valence-electron chi connectivity index (χ1n) is 13.7. The lowest BCUT2D eigenvalue weighted by molar-refractivity contribution is 0.334. The van der Waals surface area contributed by atoms with E-state index in [9.17, 15) is 0 Å². The van der Waals surface area contributed by atoms with Gasteiger partial charge in [0, 0.05) is 5.71 Å². The van der Waals surface area contributed by atoms with Crippen molar-refractivity contribution in [2.24, 2.45) is 10.8 Å². The van der Waals surface area contributed by atoms with Crippen LogP contribution in [0, 0.1) is 5.92 Å². The lowest BCUT2D eigenvalue weighted by Crippen LogP contribution is -2.23. The number of allylic oxidation sites excluding steroid dienone is 3. The van der Waals surface area contributed by atoms with Crippen LogP contribution in [0.3, 0.4) is 0 Å². The molecule has 0 bridgehead atoms. The van der Waals surface area contributed by atoms with Crippen LogP contribution in [0.4, 0.5) is 0 Å². The van der Waals surface area contributed by atoms with E-state index in [0.29, 0.717) is 5.82 Å². The van der Waals surface area contributed by atoms with Gasteiger partial charge in [-0.15, -0.1) is 0 Å². The van der Waals surface area contributed by atoms with Crippen molar-refractivity contribution in [2.45, 2.75) is 83.4 Å². The second kappa shape index (κ2) is 10.2. The Kier molecular flexibility index (Phi) is 7.01. The molecule has 0 saturated heterocycles. The average molecular weight is 462 g/mol. The highest BCUT2D eigenvalue weighted by Gasteiger charge is 2.34. The van der Waals surface area contributed by atoms with Crippen LogP contribution in [0.5, 0.6) is 0 Å². The molecule has 0 radical (unpaired) electrons. The lowest BCUT2D eigenvalue weighted by atomic mass is 9.48. The van der Waals surface area contributed by atoms with Gasteiger partial charge in [0.05, 0.1) is 0 Å². The van der Waals surface area contributed by atoms with E-state index in [4.69, 9.17) is 4.90 Å². The van der Waals surface area contributed by atoms with Crippen molar-refractivity contribution in [3.8, 4) is 0 Å². The summed E-state index contributed by atoms with van der Waals surface area (Å²) >= 11 is 0. The van der Waals surface area contributed by atoms with E-state index < -0.39 is 0 Å². The summed E-state index contributed by atoms with van der Waals surface area (Å²) in [4.78, 5) is 5.33. The van der Waals surface area contributed by atoms with Crippen LogP contribution in [-0.4, -0.2) is 12.6 Å². The highest BCUT2D eigenvalue weighted by atomic mass is 14.7. The summed E-state index contributed by atoms with van der Waals surface area (Å²) in [7, 11) is 0. The van der Waals surface area contributed by atoms with E-state index in [1.165, 1.54) is 77.6 Å². The van der Waals surface area contributed by atoms with Crippen molar-refractivity contribution in [1.82, 2.24) is 0 Å². The average Bonchev–Trinajstić information content (AvgIpc) is 3.31.